The molecule has 0 spiro atoms. The highest BCUT2D eigenvalue weighted by molar-refractivity contribution is 7.08. The predicted octanol–water partition coefficient (Wildman–Crippen LogP) is 1.93. The van der Waals surface area contributed by atoms with Crippen molar-refractivity contribution in [2.75, 3.05) is 11.9 Å². The largest absolute Gasteiger partial charge is 0.332 e. The third-order valence-corrected chi connectivity index (χ3v) is 3.48. The van der Waals surface area contributed by atoms with Crippen molar-refractivity contribution in [1.82, 2.24) is 4.90 Å². The molecule has 2 heterocycles. The number of rotatable bonds is 1. The summed E-state index contributed by atoms with van der Waals surface area (Å²) < 4.78 is 0. The van der Waals surface area contributed by atoms with Crippen LogP contribution in [0, 0.1) is 0 Å². The Morgan fingerprint density at radius 3 is 2.40 bits per heavy atom. The van der Waals surface area contributed by atoms with Crippen LogP contribution in [-0.4, -0.2) is 29.4 Å². The summed E-state index contributed by atoms with van der Waals surface area (Å²) in [4.78, 5) is 26.6. The van der Waals surface area contributed by atoms with Gasteiger partial charge in [0.1, 0.15) is 5.54 Å². The summed E-state index contributed by atoms with van der Waals surface area (Å²) in [6.07, 6.45) is 0. The number of imide groups is 1. The smallest absolute Gasteiger partial charge is 0.313 e. The Hall–Kier alpha value is -1.36. The molecule has 0 radical (unpaired) electrons. The predicted molar refractivity (Wildman–Crippen MR) is 59.0 cm³/mol. The molecule has 80 valence electrons. The van der Waals surface area contributed by atoms with E-state index < -0.39 is 5.54 Å². The first kappa shape index (κ1) is 10.2. The van der Waals surface area contributed by atoms with Crippen LogP contribution >= 0.6 is 11.3 Å². The van der Waals surface area contributed by atoms with Gasteiger partial charge in [-0.05, 0) is 25.3 Å². The third-order valence-electron chi connectivity index (χ3n) is 2.81. The summed E-state index contributed by atoms with van der Waals surface area (Å²) >= 11 is 1.47. The Morgan fingerprint density at radius 1 is 1.33 bits per heavy atom. The van der Waals surface area contributed by atoms with Crippen molar-refractivity contribution in [3.8, 4) is 0 Å². The molecular formula is C10H12N2O2S. The number of urea groups is 1. The van der Waals surface area contributed by atoms with Gasteiger partial charge < -0.3 is 4.90 Å². The lowest BCUT2D eigenvalue weighted by Crippen LogP contribution is -2.41. The molecule has 0 aliphatic carbocycles. The first-order valence-corrected chi connectivity index (χ1v) is 5.55. The van der Waals surface area contributed by atoms with Gasteiger partial charge in [-0.25, -0.2) is 9.69 Å². The Bertz CT molecular complexity index is 411. The molecular weight excluding hydrogens is 212 g/mol. The minimum atomic E-state index is -0.751. The summed E-state index contributed by atoms with van der Waals surface area (Å²) in [5.74, 6) is -0.173. The molecule has 1 saturated heterocycles. The van der Waals surface area contributed by atoms with E-state index in [9.17, 15) is 9.59 Å². The Balaban J connectivity index is 2.45. The molecule has 0 saturated carbocycles. The zero-order valence-corrected chi connectivity index (χ0v) is 9.67. The van der Waals surface area contributed by atoms with Gasteiger partial charge in [0.25, 0.3) is 5.91 Å². The van der Waals surface area contributed by atoms with E-state index in [0.29, 0.717) is 5.69 Å². The second-order valence-electron chi connectivity index (χ2n) is 4.02. The van der Waals surface area contributed by atoms with Crippen molar-refractivity contribution in [1.29, 1.82) is 0 Å². The number of anilines is 1. The van der Waals surface area contributed by atoms with Crippen molar-refractivity contribution >= 4 is 29.0 Å². The minimum absolute atomic E-state index is 0.173. The Kier molecular flexibility index (Phi) is 2.08. The van der Waals surface area contributed by atoms with Crippen LogP contribution in [0.1, 0.15) is 13.8 Å². The summed E-state index contributed by atoms with van der Waals surface area (Å²) in [6.45, 7) is 3.50. The van der Waals surface area contributed by atoms with Crippen LogP contribution in [0.4, 0.5) is 10.5 Å². The van der Waals surface area contributed by atoms with Gasteiger partial charge in [-0.15, -0.1) is 0 Å². The van der Waals surface area contributed by atoms with Crippen LogP contribution in [-0.2, 0) is 4.79 Å². The molecule has 1 aliphatic rings. The SMILES string of the molecule is CN1C(=O)N(c2ccsc2)C(=O)C1(C)C. The molecule has 1 fully saturated rings. The number of thiophene rings is 1. The lowest BCUT2D eigenvalue weighted by atomic mass is 10.1. The van der Waals surface area contributed by atoms with Gasteiger partial charge in [0.15, 0.2) is 0 Å². The number of hydrogen-bond acceptors (Lipinski definition) is 3. The van der Waals surface area contributed by atoms with Crippen LogP contribution in [0.2, 0.25) is 0 Å². The van der Waals surface area contributed by atoms with Gasteiger partial charge in [-0.2, -0.15) is 11.3 Å². The normalized spacial score (nSPS) is 20.2. The summed E-state index contributed by atoms with van der Waals surface area (Å²) in [6, 6.07) is 1.51. The van der Waals surface area contributed by atoms with Crippen molar-refractivity contribution < 1.29 is 9.59 Å². The zero-order valence-electron chi connectivity index (χ0n) is 8.85. The number of likely N-dealkylation sites (N-methyl/N-ethyl adjacent to an activating group) is 1. The highest BCUT2D eigenvalue weighted by atomic mass is 32.1. The van der Waals surface area contributed by atoms with Crippen LogP contribution in [0.5, 0.6) is 0 Å². The van der Waals surface area contributed by atoms with Gasteiger partial charge >= 0.3 is 6.03 Å². The highest BCUT2D eigenvalue weighted by Crippen LogP contribution is 2.31. The third kappa shape index (κ3) is 1.26. The second kappa shape index (κ2) is 3.06. The van der Waals surface area contributed by atoms with Crippen molar-refractivity contribution in [2.24, 2.45) is 0 Å². The van der Waals surface area contributed by atoms with E-state index in [4.69, 9.17) is 0 Å². The van der Waals surface area contributed by atoms with E-state index in [0.717, 1.165) is 0 Å². The van der Waals surface area contributed by atoms with Crippen LogP contribution in [0.25, 0.3) is 0 Å². The van der Waals surface area contributed by atoms with Crippen molar-refractivity contribution in [3.05, 3.63) is 16.8 Å². The number of carbonyl (C=O) groups is 2. The van der Waals surface area contributed by atoms with Crippen molar-refractivity contribution in [2.45, 2.75) is 19.4 Å². The van der Waals surface area contributed by atoms with Gasteiger partial charge in [-0.3, -0.25) is 4.79 Å². The second-order valence-corrected chi connectivity index (χ2v) is 4.80. The molecule has 0 N–H and O–H groups in total. The standard InChI is InChI=1S/C10H12N2O2S/c1-10(2)8(13)12(9(14)11(10)3)7-4-5-15-6-7/h4-6H,1-3H3. The number of hydrogen-bond donors (Lipinski definition) is 0. The topological polar surface area (TPSA) is 40.6 Å². The maximum Gasteiger partial charge on any atom is 0.332 e. The average molecular weight is 224 g/mol. The fourth-order valence-corrected chi connectivity index (χ4v) is 2.13. The lowest BCUT2D eigenvalue weighted by molar-refractivity contribution is -0.123. The lowest BCUT2D eigenvalue weighted by Gasteiger charge is -2.22. The monoisotopic (exact) mass is 224 g/mol. The fraction of sp³-hybridized carbons (Fsp3) is 0.400. The molecule has 2 rings (SSSR count). The molecule has 0 bridgehead atoms. The first-order valence-electron chi connectivity index (χ1n) is 4.61. The molecule has 1 aromatic heterocycles. The molecule has 4 nitrogen and oxygen atoms in total. The summed E-state index contributed by atoms with van der Waals surface area (Å²) in [5, 5.41) is 3.65. The molecule has 1 aliphatic heterocycles. The van der Waals surface area contributed by atoms with Gasteiger partial charge in [0.2, 0.25) is 0 Å². The molecule has 0 atom stereocenters. The van der Waals surface area contributed by atoms with Crippen LogP contribution < -0.4 is 4.90 Å². The molecule has 1 aromatic rings. The van der Waals surface area contributed by atoms with E-state index in [1.54, 1.807) is 32.3 Å². The Morgan fingerprint density at radius 2 is 2.00 bits per heavy atom. The van der Waals surface area contributed by atoms with Crippen LogP contribution in [0.15, 0.2) is 16.8 Å². The maximum atomic E-state index is 12.0. The Labute approximate surface area is 92.1 Å². The molecule has 0 unspecified atom stereocenters. The fourth-order valence-electron chi connectivity index (χ4n) is 1.51. The summed E-state index contributed by atoms with van der Waals surface area (Å²) in [7, 11) is 1.65. The quantitative estimate of drug-likeness (QED) is 0.684. The van der Waals surface area contributed by atoms with E-state index >= 15 is 0 Å². The van der Waals surface area contributed by atoms with E-state index in [1.807, 2.05) is 5.38 Å². The molecule has 5 heteroatoms. The summed E-state index contributed by atoms with van der Waals surface area (Å²) in [5.41, 5.74) is -0.0913. The van der Waals surface area contributed by atoms with E-state index in [1.165, 1.54) is 21.1 Å². The molecule has 0 aromatic carbocycles. The number of amides is 3. The van der Waals surface area contributed by atoms with E-state index in [-0.39, 0.29) is 11.9 Å². The molecule has 15 heavy (non-hydrogen) atoms. The average Bonchev–Trinajstić information content (AvgIpc) is 2.73. The van der Waals surface area contributed by atoms with Gasteiger partial charge in [-0.1, -0.05) is 0 Å². The zero-order chi connectivity index (χ0) is 11.2. The maximum absolute atomic E-state index is 12.0. The van der Waals surface area contributed by atoms with E-state index in [2.05, 4.69) is 0 Å². The van der Waals surface area contributed by atoms with Crippen molar-refractivity contribution in [3.63, 3.8) is 0 Å². The first-order chi connectivity index (χ1) is 6.96. The minimum Gasteiger partial charge on any atom is -0.313 e. The van der Waals surface area contributed by atoms with Gasteiger partial charge in [0, 0.05) is 12.4 Å². The number of carbonyl (C=O) groups excluding carboxylic acids is 2. The van der Waals surface area contributed by atoms with Crippen LogP contribution in [0.3, 0.4) is 0 Å². The van der Waals surface area contributed by atoms with Gasteiger partial charge in [0.05, 0.1) is 5.69 Å². The number of nitrogens with zero attached hydrogens (tertiary/aromatic N) is 2. The highest BCUT2D eigenvalue weighted by Gasteiger charge is 2.49. The molecule has 3 amide bonds.